The number of halogens is 3. The molecule has 2 aliphatic heterocycles. The monoisotopic (exact) mass is 537 g/mol. The van der Waals surface area contributed by atoms with Crippen LogP contribution in [0.4, 0.5) is 13.2 Å². The van der Waals surface area contributed by atoms with Crippen molar-refractivity contribution in [3.8, 4) is 0 Å². The Labute approximate surface area is 221 Å². The first-order valence-electron chi connectivity index (χ1n) is 13.1. The molecule has 0 spiro atoms. The van der Waals surface area contributed by atoms with E-state index in [1.807, 2.05) is 4.90 Å². The number of piperazine rings is 1. The molecule has 0 bridgehead atoms. The van der Waals surface area contributed by atoms with E-state index in [0.717, 1.165) is 55.0 Å². The first-order valence-corrected chi connectivity index (χ1v) is 13.1. The van der Waals surface area contributed by atoms with Crippen molar-refractivity contribution in [1.82, 2.24) is 24.6 Å². The summed E-state index contributed by atoms with van der Waals surface area (Å²) in [5, 5.41) is 13.8. The summed E-state index contributed by atoms with van der Waals surface area (Å²) in [5.41, 5.74) is 1.54. The summed E-state index contributed by atoms with van der Waals surface area (Å²) in [6, 6.07) is 5.44. The van der Waals surface area contributed by atoms with Crippen LogP contribution in [0.15, 0.2) is 24.3 Å². The molecule has 3 heterocycles. The van der Waals surface area contributed by atoms with Crippen molar-refractivity contribution in [2.45, 2.75) is 64.3 Å². The number of piperidine rings is 1. The van der Waals surface area contributed by atoms with Gasteiger partial charge < -0.3 is 14.8 Å². The van der Waals surface area contributed by atoms with Gasteiger partial charge in [-0.05, 0) is 58.2 Å². The van der Waals surface area contributed by atoms with Gasteiger partial charge in [-0.3, -0.25) is 14.6 Å². The number of carbonyl (C=O) groups is 1. The highest BCUT2D eigenvalue weighted by Gasteiger charge is 2.41. The van der Waals surface area contributed by atoms with Crippen LogP contribution in [-0.2, 0) is 10.9 Å². The second-order valence-electron chi connectivity index (χ2n) is 10.8. The molecule has 2 aromatic rings. The average Bonchev–Trinajstić information content (AvgIpc) is 3.13. The van der Waals surface area contributed by atoms with Crippen molar-refractivity contribution in [2.24, 2.45) is 0 Å². The maximum atomic E-state index is 13.2. The number of hydrogen-bond acceptors (Lipinski definition) is 6. The lowest BCUT2D eigenvalue weighted by atomic mass is 9.86. The van der Waals surface area contributed by atoms with Crippen LogP contribution in [0.1, 0.15) is 65.6 Å². The molecule has 2 aliphatic rings. The van der Waals surface area contributed by atoms with Crippen molar-refractivity contribution >= 4 is 5.91 Å². The van der Waals surface area contributed by atoms with E-state index in [-0.39, 0.29) is 23.5 Å². The molecule has 0 saturated carbocycles. The van der Waals surface area contributed by atoms with E-state index in [2.05, 4.69) is 28.7 Å². The molecule has 38 heavy (non-hydrogen) atoms. The van der Waals surface area contributed by atoms with E-state index in [0.29, 0.717) is 36.6 Å². The number of benzene rings is 1. The zero-order valence-electron chi connectivity index (χ0n) is 22.8. The number of methoxy groups -OCH3 is 1. The van der Waals surface area contributed by atoms with Gasteiger partial charge in [-0.25, -0.2) is 0 Å². The number of carbonyl (C=O) groups excluding carboxylic acids is 1. The van der Waals surface area contributed by atoms with Crippen molar-refractivity contribution in [3.05, 3.63) is 52.3 Å². The second kappa shape index (κ2) is 10.9. The zero-order valence-corrected chi connectivity index (χ0v) is 22.8. The van der Waals surface area contributed by atoms with E-state index in [1.165, 1.54) is 0 Å². The molecule has 2 atom stereocenters. The highest BCUT2D eigenvalue weighted by molar-refractivity contribution is 5.96. The van der Waals surface area contributed by atoms with Crippen molar-refractivity contribution < 1.29 is 27.9 Å². The van der Waals surface area contributed by atoms with Gasteiger partial charge in [-0.2, -0.15) is 13.2 Å². The largest absolute Gasteiger partial charge is 0.416 e. The smallest absolute Gasteiger partial charge is 0.411 e. The SMILES string of the molecule is COCC(c1ccc(C(F)(F)F)cc1)N1CCN(C2(C)CCN(C(=O)c3c(C)nn(O)c3C)CC2)CC1C. The Morgan fingerprint density at radius 3 is 2.29 bits per heavy atom. The maximum Gasteiger partial charge on any atom is 0.416 e. The molecular weight excluding hydrogens is 499 g/mol. The summed E-state index contributed by atoms with van der Waals surface area (Å²) in [6.07, 6.45) is -2.70. The second-order valence-corrected chi connectivity index (χ2v) is 10.8. The van der Waals surface area contributed by atoms with Crippen molar-refractivity contribution in [3.63, 3.8) is 0 Å². The van der Waals surface area contributed by atoms with Gasteiger partial charge in [-0.1, -0.05) is 12.1 Å². The van der Waals surface area contributed by atoms with Crippen molar-refractivity contribution in [2.75, 3.05) is 46.4 Å². The fraction of sp³-hybridized carbons (Fsp3) is 0.630. The van der Waals surface area contributed by atoms with E-state index < -0.39 is 11.7 Å². The normalized spacial score (nSPS) is 22.0. The molecule has 2 saturated heterocycles. The summed E-state index contributed by atoms with van der Waals surface area (Å²) in [5.74, 6) is -0.0977. The molecule has 4 rings (SSSR count). The van der Waals surface area contributed by atoms with Gasteiger partial charge in [0.15, 0.2) is 0 Å². The van der Waals surface area contributed by atoms with Crippen molar-refractivity contribution in [1.29, 1.82) is 0 Å². The van der Waals surface area contributed by atoms with E-state index in [9.17, 15) is 23.2 Å². The third-order valence-electron chi connectivity index (χ3n) is 8.40. The molecule has 2 unspecified atom stereocenters. The molecule has 8 nitrogen and oxygen atoms in total. The Bertz CT molecular complexity index is 1130. The number of nitrogens with zero attached hydrogens (tertiary/aromatic N) is 5. The minimum absolute atomic E-state index is 0.0620. The van der Waals surface area contributed by atoms with Crippen LogP contribution in [0.5, 0.6) is 0 Å². The number of hydrogen-bond donors (Lipinski definition) is 1. The predicted molar refractivity (Wildman–Crippen MR) is 136 cm³/mol. The lowest BCUT2D eigenvalue weighted by Crippen LogP contribution is -2.62. The number of amides is 1. The number of ether oxygens (including phenoxy) is 1. The standard InChI is InChI=1S/C27H38F3N5O3/c1-18-16-33(14-15-34(18)23(17-38-5)21-6-8-22(9-7-21)27(28,29)30)26(4)10-12-32(13-11-26)25(36)24-19(2)31-35(37)20(24)3/h6-9,18,23,37H,10-17H2,1-5H3. The maximum absolute atomic E-state index is 13.2. The van der Waals surface area contributed by atoms with Crippen LogP contribution in [0.2, 0.25) is 0 Å². The van der Waals surface area contributed by atoms with E-state index >= 15 is 0 Å². The molecule has 2 fully saturated rings. The van der Waals surface area contributed by atoms with E-state index in [1.54, 1.807) is 33.1 Å². The van der Waals surface area contributed by atoms with Gasteiger partial charge in [0.25, 0.3) is 5.91 Å². The van der Waals surface area contributed by atoms with Gasteiger partial charge in [0, 0.05) is 51.4 Å². The van der Waals surface area contributed by atoms with E-state index in [4.69, 9.17) is 4.74 Å². The molecule has 1 aromatic carbocycles. The molecule has 0 radical (unpaired) electrons. The average molecular weight is 538 g/mol. The molecular formula is C27H38F3N5O3. The highest BCUT2D eigenvalue weighted by atomic mass is 19.4. The summed E-state index contributed by atoms with van der Waals surface area (Å²) in [7, 11) is 1.61. The van der Waals surface area contributed by atoms with Crippen LogP contribution >= 0.6 is 0 Å². The molecule has 0 aliphatic carbocycles. The van der Waals surface area contributed by atoms with Gasteiger partial charge >= 0.3 is 6.18 Å². The lowest BCUT2D eigenvalue weighted by Gasteiger charge is -2.52. The van der Waals surface area contributed by atoms with Crippen LogP contribution < -0.4 is 0 Å². The van der Waals surface area contributed by atoms with Crippen LogP contribution in [-0.4, -0.2) is 93.8 Å². The Kier molecular flexibility index (Phi) is 8.11. The fourth-order valence-electron chi connectivity index (χ4n) is 5.96. The molecule has 210 valence electrons. The first-order chi connectivity index (χ1) is 17.9. The minimum Gasteiger partial charge on any atom is -0.411 e. The van der Waals surface area contributed by atoms with Crippen LogP contribution in [0, 0.1) is 13.8 Å². The quantitative estimate of drug-likeness (QED) is 0.559. The summed E-state index contributed by atoms with van der Waals surface area (Å²) >= 11 is 0. The van der Waals surface area contributed by atoms with Gasteiger partial charge in [0.1, 0.15) is 0 Å². The Morgan fingerprint density at radius 1 is 1.16 bits per heavy atom. The number of rotatable bonds is 6. The van der Waals surface area contributed by atoms with Crippen LogP contribution in [0.3, 0.4) is 0 Å². The fourth-order valence-corrected chi connectivity index (χ4v) is 5.96. The number of aromatic nitrogens is 2. The minimum atomic E-state index is -4.36. The summed E-state index contributed by atoms with van der Waals surface area (Å²) in [4.78, 5) is 20.6. The Hall–Kier alpha value is -2.63. The first kappa shape index (κ1) is 28.4. The molecule has 1 amide bonds. The van der Waals surface area contributed by atoms with Crippen LogP contribution in [0.25, 0.3) is 0 Å². The third kappa shape index (κ3) is 5.55. The summed E-state index contributed by atoms with van der Waals surface area (Å²) in [6.45, 7) is 11.9. The molecule has 11 heteroatoms. The predicted octanol–water partition coefficient (Wildman–Crippen LogP) is 4.14. The number of likely N-dealkylation sites (tertiary alicyclic amines) is 1. The van der Waals surface area contributed by atoms with Gasteiger partial charge in [-0.15, -0.1) is 9.94 Å². The Balaban J connectivity index is 1.40. The van der Waals surface area contributed by atoms with Gasteiger partial charge in [0.2, 0.25) is 0 Å². The zero-order chi connectivity index (χ0) is 27.8. The number of alkyl halides is 3. The highest BCUT2D eigenvalue weighted by Crippen LogP contribution is 2.35. The topological polar surface area (TPSA) is 74.1 Å². The van der Waals surface area contributed by atoms with Gasteiger partial charge in [0.05, 0.1) is 35.2 Å². The third-order valence-corrected chi connectivity index (χ3v) is 8.40. The molecule has 1 N–H and O–H groups in total. The molecule has 1 aromatic heterocycles. The number of aryl methyl sites for hydroxylation is 1. The summed E-state index contributed by atoms with van der Waals surface area (Å²) < 4.78 is 44.6. The lowest BCUT2D eigenvalue weighted by molar-refractivity contribution is -0.137. The Morgan fingerprint density at radius 2 is 1.79 bits per heavy atom.